The van der Waals surface area contributed by atoms with Crippen LogP contribution in [0, 0.1) is 0 Å². The molecule has 6 rings (SSSR count). The first-order valence-electron chi connectivity index (χ1n) is 16.2. The predicted octanol–water partition coefficient (Wildman–Crippen LogP) is 4.75. The Balaban J connectivity index is 1.06. The molecule has 0 radical (unpaired) electrons. The van der Waals surface area contributed by atoms with E-state index in [1.54, 1.807) is 0 Å². The number of rotatable bonds is 11. The number of nitrogens with zero attached hydrogens (tertiary/aromatic N) is 5. The molecule has 230 valence electrons. The number of methoxy groups -OCH3 is 1. The largest absolute Gasteiger partial charge is 0.381 e. The summed E-state index contributed by atoms with van der Waals surface area (Å²) in [4.78, 5) is 17.7. The first-order valence-corrected chi connectivity index (χ1v) is 16.2. The van der Waals surface area contributed by atoms with E-state index in [0.29, 0.717) is 35.8 Å². The second kappa shape index (κ2) is 12.9. The fourth-order valence-corrected chi connectivity index (χ4v) is 6.94. The molecule has 6 heterocycles. The van der Waals surface area contributed by atoms with Gasteiger partial charge in [0.15, 0.2) is 0 Å². The van der Waals surface area contributed by atoms with Crippen LogP contribution in [0.4, 0.5) is 5.82 Å². The van der Waals surface area contributed by atoms with Crippen molar-refractivity contribution in [2.75, 3.05) is 71.6 Å². The van der Waals surface area contributed by atoms with Crippen LogP contribution < -0.4 is 4.90 Å². The van der Waals surface area contributed by atoms with Gasteiger partial charge in [-0.15, -0.1) is 0 Å². The van der Waals surface area contributed by atoms with Crippen LogP contribution in [0.1, 0.15) is 92.4 Å². The van der Waals surface area contributed by atoms with Crippen LogP contribution in [-0.2, 0) is 20.8 Å². The van der Waals surface area contributed by atoms with E-state index in [1.807, 2.05) is 7.11 Å². The van der Waals surface area contributed by atoms with Crippen LogP contribution in [0.2, 0.25) is 0 Å². The molecule has 2 aromatic rings. The van der Waals surface area contributed by atoms with E-state index in [4.69, 9.17) is 24.2 Å². The van der Waals surface area contributed by atoms with E-state index < -0.39 is 0 Å². The number of hydrogen-bond acceptors (Lipinski definition) is 8. The average Bonchev–Trinajstić information content (AvgIpc) is 3.62. The number of ether oxygens (including phenoxy) is 3. The molecule has 4 aliphatic heterocycles. The summed E-state index contributed by atoms with van der Waals surface area (Å²) < 4.78 is 17.7. The predicted molar refractivity (Wildman–Crippen MR) is 167 cm³/mol. The molecule has 8 nitrogen and oxygen atoms in total. The summed E-state index contributed by atoms with van der Waals surface area (Å²) in [7, 11) is 4.08. The third-order valence-electron chi connectivity index (χ3n) is 9.94. The molecule has 4 saturated heterocycles. The molecule has 2 unspecified atom stereocenters. The third kappa shape index (κ3) is 6.39. The number of likely N-dealkylation sites (tertiary alicyclic amines) is 1. The summed E-state index contributed by atoms with van der Waals surface area (Å²) in [5.41, 5.74) is 6.33. The summed E-state index contributed by atoms with van der Waals surface area (Å²) in [6, 6.07) is 9.62. The first kappa shape index (κ1) is 29.9. The lowest BCUT2D eigenvalue weighted by Crippen LogP contribution is -2.60. The van der Waals surface area contributed by atoms with Crippen molar-refractivity contribution in [1.82, 2.24) is 19.8 Å². The van der Waals surface area contributed by atoms with Crippen molar-refractivity contribution >= 4 is 5.82 Å². The molecular weight excluding hydrogens is 526 g/mol. The zero-order valence-electron chi connectivity index (χ0n) is 26.6. The van der Waals surface area contributed by atoms with Crippen LogP contribution in [0.5, 0.6) is 0 Å². The zero-order valence-corrected chi connectivity index (χ0v) is 26.6. The van der Waals surface area contributed by atoms with Crippen LogP contribution in [0.15, 0.2) is 24.3 Å². The monoisotopic (exact) mass is 577 g/mol. The van der Waals surface area contributed by atoms with E-state index in [2.05, 4.69) is 73.7 Å². The van der Waals surface area contributed by atoms with Crippen molar-refractivity contribution in [3.8, 4) is 0 Å². The first-order chi connectivity index (χ1) is 20.3. The molecule has 0 saturated carbocycles. The van der Waals surface area contributed by atoms with Gasteiger partial charge in [0.25, 0.3) is 0 Å². The van der Waals surface area contributed by atoms with Gasteiger partial charge in [-0.2, -0.15) is 0 Å². The van der Waals surface area contributed by atoms with Gasteiger partial charge in [0.1, 0.15) is 5.82 Å². The Morgan fingerprint density at radius 1 is 0.929 bits per heavy atom. The number of hydrogen-bond donors (Lipinski definition) is 0. The minimum atomic E-state index is 0.252. The lowest BCUT2D eigenvalue weighted by molar-refractivity contribution is -0.0341. The molecule has 4 aliphatic rings. The summed E-state index contributed by atoms with van der Waals surface area (Å²) in [6.07, 6.45) is 2.76. The minimum absolute atomic E-state index is 0.252. The highest BCUT2D eigenvalue weighted by atomic mass is 16.5. The van der Waals surface area contributed by atoms with Crippen molar-refractivity contribution < 1.29 is 14.2 Å². The normalized spacial score (nSPS) is 25.6. The van der Waals surface area contributed by atoms with Gasteiger partial charge >= 0.3 is 0 Å². The molecule has 0 bridgehead atoms. The molecule has 2 aromatic heterocycles. The van der Waals surface area contributed by atoms with Gasteiger partial charge in [-0.05, 0) is 49.4 Å². The smallest absolute Gasteiger partial charge is 0.132 e. The summed E-state index contributed by atoms with van der Waals surface area (Å²) in [5, 5.41) is 0. The van der Waals surface area contributed by atoms with E-state index in [1.165, 1.54) is 34.0 Å². The zero-order chi connectivity index (χ0) is 29.4. The van der Waals surface area contributed by atoms with Crippen molar-refractivity contribution in [2.24, 2.45) is 0 Å². The minimum Gasteiger partial charge on any atom is -0.381 e. The molecule has 42 heavy (non-hydrogen) atoms. The van der Waals surface area contributed by atoms with Gasteiger partial charge in [-0.1, -0.05) is 39.8 Å². The maximum Gasteiger partial charge on any atom is 0.132 e. The van der Waals surface area contributed by atoms with Crippen molar-refractivity contribution in [2.45, 2.75) is 89.0 Å². The topological polar surface area (TPSA) is 63.2 Å². The highest BCUT2D eigenvalue weighted by Crippen LogP contribution is 2.37. The summed E-state index contributed by atoms with van der Waals surface area (Å²) in [6.45, 7) is 17.2. The quantitative estimate of drug-likeness (QED) is 0.379. The fraction of sp³-hybridized carbons (Fsp3) is 0.706. The van der Waals surface area contributed by atoms with E-state index in [0.717, 1.165) is 71.9 Å². The molecule has 0 aliphatic carbocycles. The van der Waals surface area contributed by atoms with Crippen molar-refractivity contribution in [3.05, 3.63) is 52.5 Å². The van der Waals surface area contributed by atoms with E-state index in [9.17, 15) is 0 Å². The van der Waals surface area contributed by atoms with Crippen molar-refractivity contribution in [1.29, 1.82) is 0 Å². The van der Waals surface area contributed by atoms with Gasteiger partial charge in [-0.3, -0.25) is 14.8 Å². The van der Waals surface area contributed by atoms with Crippen LogP contribution in [0.3, 0.4) is 0 Å². The van der Waals surface area contributed by atoms with Crippen LogP contribution in [-0.4, -0.2) is 105 Å². The van der Waals surface area contributed by atoms with Crippen LogP contribution >= 0.6 is 0 Å². The number of pyridine rings is 2. The summed E-state index contributed by atoms with van der Waals surface area (Å²) >= 11 is 0. The van der Waals surface area contributed by atoms with Gasteiger partial charge in [0.05, 0.1) is 31.1 Å². The second-order valence-electron chi connectivity index (χ2n) is 13.7. The standard InChI is InChI=1S/C34H51N5O3/c1-22(2)31-9-7-29(33(35-31)19-38-17-28(18-38)40-6)25-13-27(42-21-25)16-37(5)26-14-39(15-26)34-30(24-11-12-41-20-24)8-10-32(36-34)23(3)4/h7-10,22-28H,11-21H2,1-6H3/t24-,25?,27?/m1/s1. The Kier molecular flexibility index (Phi) is 9.17. The Bertz CT molecular complexity index is 1200. The van der Waals surface area contributed by atoms with Gasteiger partial charge < -0.3 is 19.1 Å². The van der Waals surface area contributed by atoms with Gasteiger partial charge in [0, 0.05) is 87.8 Å². The molecule has 0 spiro atoms. The van der Waals surface area contributed by atoms with Gasteiger partial charge in [0.2, 0.25) is 0 Å². The average molecular weight is 578 g/mol. The Hall–Kier alpha value is -2.10. The molecular formula is C34H51N5O3. The van der Waals surface area contributed by atoms with Crippen LogP contribution in [0.25, 0.3) is 0 Å². The number of aromatic nitrogens is 2. The number of anilines is 1. The molecule has 3 atom stereocenters. The maximum absolute atomic E-state index is 6.42. The summed E-state index contributed by atoms with van der Waals surface area (Å²) in [5.74, 6) is 2.90. The Morgan fingerprint density at radius 2 is 1.64 bits per heavy atom. The molecule has 4 fully saturated rings. The SMILES string of the molecule is COC1CN(Cc2nc(C(C)C)ccc2C2COC(CN(C)C3CN(c4nc(C(C)C)ccc4[C@@H]4CCOC4)C3)C2)C1. The lowest BCUT2D eigenvalue weighted by Gasteiger charge is -2.46. The lowest BCUT2D eigenvalue weighted by atomic mass is 9.92. The molecule has 8 heteroatoms. The van der Waals surface area contributed by atoms with E-state index in [-0.39, 0.29) is 6.10 Å². The molecule has 0 aromatic carbocycles. The highest BCUT2D eigenvalue weighted by molar-refractivity contribution is 5.53. The third-order valence-corrected chi connectivity index (χ3v) is 9.94. The maximum atomic E-state index is 6.42. The Morgan fingerprint density at radius 3 is 2.31 bits per heavy atom. The van der Waals surface area contributed by atoms with Gasteiger partial charge in [-0.25, -0.2) is 4.98 Å². The number of likely N-dealkylation sites (N-methyl/N-ethyl adjacent to an activating group) is 1. The second-order valence-corrected chi connectivity index (χ2v) is 13.7. The van der Waals surface area contributed by atoms with E-state index >= 15 is 0 Å². The molecule has 0 N–H and O–H groups in total. The van der Waals surface area contributed by atoms with Crippen molar-refractivity contribution in [3.63, 3.8) is 0 Å². The Labute approximate surface area is 252 Å². The fourth-order valence-electron chi connectivity index (χ4n) is 6.94. The highest BCUT2D eigenvalue weighted by Gasteiger charge is 2.37. The molecule has 0 amide bonds.